The summed E-state index contributed by atoms with van der Waals surface area (Å²) in [7, 11) is 0. The Labute approximate surface area is 155 Å². The van der Waals surface area contributed by atoms with Gasteiger partial charge in [-0.1, -0.05) is 24.3 Å². The normalized spacial score (nSPS) is 11.8. The molecule has 0 saturated heterocycles. The quantitative estimate of drug-likeness (QED) is 0.697. The maximum absolute atomic E-state index is 12.2. The van der Waals surface area contributed by atoms with Crippen LogP contribution >= 0.6 is 0 Å². The summed E-state index contributed by atoms with van der Waals surface area (Å²) in [5.41, 5.74) is 1.97. The van der Waals surface area contributed by atoms with Crippen LogP contribution in [0.4, 0.5) is 0 Å². The number of esters is 1. The van der Waals surface area contributed by atoms with Gasteiger partial charge in [0.2, 0.25) is 0 Å². The molecular weight excluding hydrogens is 346 g/mol. The highest BCUT2D eigenvalue weighted by Crippen LogP contribution is 2.05. The van der Waals surface area contributed by atoms with Crippen LogP contribution in [0.3, 0.4) is 0 Å². The minimum Gasteiger partial charge on any atom is -0.458 e. The topological polar surface area (TPSA) is 89.8 Å². The largest absolute Gasteiger partial charge is 0.458 e. The van der Waals surface area contributed by atoms with E-state index in [9.17, 15) is 14.4 Å². The zero-order chi connectivity index (χ0) is 19.4. The zero-order valence-electron chi connectivity index (χ0n) is 15.0. The summed E-state index contributed by atoms with van der Waals surface area (Å²) in [5, 5.41) is 2.58. The number of ether oxygens (including phenoxy) is 1. The molecule has 1 N–H and O–H groups in total. The predicted molar refractivity (Wildman–Crippen MR) is 99.4 cm³/mol. The lowest BCUT2D eigenvalue weighted by atomic mass is 10.2. The van der Waals surface area contributed by atoms with E-state index >= 15 is 0 Å². The van der Waals surface area contributed by atoms with Crippen molar-refractivity contribution in [1.29, 1.82) is 0 Å². The second-order valence-corrected chi connectivity index (χ2v) is 6.19. The molecule has 7 heteroatoms. The number of aryl methyl sites for hydroxylation is 1. The average Bonchev–Trinajstić information content (AvgIpc) is 2.67. The lowest BCUT2D eigenvalue weighted by Gasteiger charge is -2.13. The molecule has 0 aliphatic carbocycles. The fraction of sp³-hybridized carbons (Fsp3) is 0.200. The van der Waals surface area contributed by atoms with Gasteiger partial charge in [-0.25, -0.2) is 9.78 Å². The van der Waals surface area contributed by atoms with Crippen molar-refractivity contribution >= 4 is 17.5 Å². The van der Waals surface area contributed by atoms with Crippen molar-refractivity contribution in [2.75, 3.05) is 0 Å². The maximum Gasteiger partial charge on any atom is 0.328 e. The molecule has 0 spiro atoms. The molecule has 1 aromatic carbocycles. The second-order valence-electron chi connectivity index (χ2n) is 6.19. The van der Waals surface area contributed by atoms with Crippen LogP contribution in [0.5, 0.6) is 0 Å². The van der Waals surface area contributed by atoms with Crippen LogP contribution in [0.2, 0.25) is 0 Å². The molecule has 138 valence electrons. The summed E-state index contributed by atoms with van der Waals surface area (Å²) < 4.78 is 6.62. The number of fused-ring (bicyclic) bond motifs is 1. The molecule has 0 radical (unpaired) electrons. The van der Waals surface area contributed by atoms with E-state index in [0.29, 0.717) is 16.9 Å². The molecular formula is C20H19N3O4. The lowest BCUT2D eigenvalue weighted by Crippen LogP contribution is -2.39. The van der Waals surface area contributed by atoms with Crippen LogP contribution < -0.4 is 10.9 Å². The van der Waals surface area contributed by atoms with E-state index < -0.39 is 12.0 Å². The first-order chi connectivity index (χ1) is 12.9. The Morgan fingerprint density at radius 3 is 2.67 bits per heavy atom. The van der Waals surface area contributed by atoms with Crippen LogP contribution in [-0.2, 0) is 16.1 Å². The lowest BCUT2D eigenvalue weighted by molar-refractivity contribution is -0.146. The van der Waals surface area contributed by atoms with Crippen molar-refractivity contribution in [2.24, 2.45) is 0 Å². The second kappa shape index (κ2) is 7.82. The molecule has 0 aliphatic heterocycles. The van der Waals surface area contributed by atoms with Crippen molar-refractivity contribution in [3.05, 3.63) is 81.9 Å². The molecule has 27 heavy (non-hydrogen) atoms. The van der Waals surface area contributed by atoms with Gasteiger partial charge in [0, 0.05) is 17.8 Å². The highest BCUT2D eigenvalue weighted by molar-refractivity contribution is 5.96. The van der Waals surface area contributed by atoms with E-state index in [-0.39, 0.29) is 18.1 Å². The van der Waals surface area contributed by atoms with Gasteiger partial charge in [0.15, 0.2) is 0 Å². The smallest absolute Gasteiger partial charge is 0.328 e. The Kier molecular flexibility index (Phi) is 5.30. The summed E-state index contributed by atoms with van der Waals surface area (Å²) in [5.74, 6) is -0.970. The van der Waals surface area contributed by atoms with Crippen molar-refractivity contribution in [2.45, 2.75) is 26.5 Å². The summed E-state index contributed by atoms with van der Waals surface area (Å²) in [6.45, 7) is 3.27. The number of benzene rings is 1. The fourth-order valence-corrected chi connectivity index (χ4v) is 2.53. The molecule has 7 nitrogen and oxygen atoms in total. The number of aromatic nitrogens is 2. The van der Waals surface area contributed by atoms with E-state index in [1.54, 1.807) is 42.6 Å². The number of hydrogen-bond acceptors (Lipinski definition) is 5. The molecule has 1 amide bonds. The number of nitrogens with zero attached hydrogens (tertiary/aromatic N) is 2. The molecule has 0 bridgehead atoms. The van der Waals surface area contributed by atoms with E-state index in [4.69, 9.17) is 4.74 Å². The van der Waals surface area contributed by atoms with Gasteiger partial charge in [-0.3, -0.25) is 14.0 Å². The third kappa shape index (κ3) is 4.38. The van der Waals surface area contributed by atoms with Gasteiger partial charge in [0.05, 0.1) is 5.69 Å². The summed E-state index contributed by atoms with van der Waals surface area (Å²) >= 11 is 0. The first-order valence-corrected chi connectivity index (χ1v) is 8.45. The number of hydrogen-bond donors (Lipinski definition) is 1. The van der Waals surface area contributed by atoms with Crippen molar-refractivity contribution in [3.63, 3.8) is 0 Å². The van der Waals surface area contributed by atoms with Crippen molar-refractivity contribution < 1.29 is 14.3 Å². The Bertz CT molecular complexity index is 1040. The highest BCUT2D eigenvalue weighted by Gasteiger charge is 2.18. The number of amides is 1. The SMILES string of the molecule is Cc1ccc2nc(COC(=O)[C@H](C)NC(=O)c3ccccc3)cc(=O)n2c1. The van der Waals surface area contributed by atoms with Gasteiger partial charge in [-0.05, 0) is 37.6 Å². The van der Waals surface area contributed by atoms with Gasteiger partial charge < -0.3 is 10.1 Å². The molecule has 2 heterocycles. The Morgan fingerprint density at radius 2 is 1.93 bits per heavy atom. The van der Waals surface area contributed by atoms with E-state index in [2.05, 4.69) is 10.3 Å². The third-order valence-electron chi connectivity index (χ3n) is 3.96. The summed E-state index contributed by atoms with van der Waals surface area (Å²) in [4.78, 5) is 40.7. The van der Waals surface area contributed by atoms with Crippen LogP contribution in [0.15, 0.2) is 59.5 Å². The number of carbonyl (C=O) groups is 2. The highest BCUT2D eigenvalue weighted by atomic mass is 16.5. The standard InChI is InChI=1S/C20H19N3O4/c1-13-8-9-17-22-16(10-18(24)23(17)11-13)12-27-20(26)14(2)21-19(25)15-6-4-3-5-7-15/h3-11,14H,12H2,1-2H3,(H,21,25)/t14-/m0/s1. The van der Waals surface area contributed by atoms with Crippen molar-refractivity contribution in [3.8, 4) is 0 Å². The zero-order valence-corrected chi connectivity index (χ0v) is 15.0. The van der Waals surface area contributed by atoms with Crippen LogP contribution in [0.25, 0.3) is 5.65 Å². The van der Waals surface area contributed by atoms with Gasteiger partial charge in [0.25, 0.3) is 11.5 Å². The monoisotopic (exact) mass is 365 g/mol. The van der Waals surface area contributed by atoms with Gasteiger partial charge >= 0.3 is 5.97 Å². The molecule has 3 rings (SSSR count). The van der Waals surface area contributed by atoms with E-state index in [1.165, 1.54) is 17.4 Å². The number of pyridine rings is 1. The third-order valence-corrected chi connectivity index (χ3v) is 3.96. The molecule has 0 aliphatic rings. The minimum absolute atomic E-state index is 0.149. The van der Waals surface area contributed by atoms with E-state index in [0.717, 1.165) is 5.56 Å². The molecule has 1 atom stereocenters. The van der Waals surface area contributed by atoms with Crippen molar-refractivity contribution in [1.82, 2.24) is 14.7 Å². The average molecular weight is 365 g/mol. The first kappa shape index (κ1) is 18.3. The number of rotatable bonds is 5. The predicted octanol–water partition coefficient (Wildman–Crippen LogP) is 1.86. The molecule has 0 fully saturated rings. The Hall–Kier alpha value is -3.48. The maximum atomic E-state index is 12.2. The molecule has 0 saturated carbocycles. The van der Waals surface area contributed by atoms with Crippen LogP contribution in [0, 0.1) is 6.92 Å². The van der Waals surface area contributed by atoms with Gasteiger partial charge in [-0.2, -0.15) is 0 Å². The summed E-state index contributed by atoms with van der Waals surface area (Å²) in [6, 6.07) is 12.7. The minimum atomic E-state index is -0.832. The Balaban J connectivity index is 1.63. The van der Waals surface area contributed by atoms with E-state index in [1.807, 2.05) is 13.0 Å². The summed E-state index contributed by atoms with van der Waals surface area (Å²) in [6.07, 6.45) is 1.70. The molecule has 2 aromatic heterocycles. The number of carbonyl (C=O) groups excluding carboxylic acids is 2. The molecule has 0 unspecified atom stereocenters. The fourth-order valence-electron chi connectivity index (χ4n) is 2.53. The van der Waals surface area contributed by atoms with Crippen LogP contribution in [-0.4, -0.2) is 27.3 Å². The Morgan fingerprint density at radius 1 is 1.19 bits per heavy atom. The van der Waals surface area contributed by atoms with Gasteiger partial charge in [-0.15, -0.1) is 0 Å². The van der Waals surface area contributed by atoms with Crippen LogP contribution in [0.1, 0.15) is 28.5 Å². The van der Waals surface area contributed by atoms with Gasteiger partial charge in [0.1, 0.15) is 18.3 Å². The molecule has 3 aromatic rings. The first-order valence-electron chi connectivity index (χ1n) is 8.45. The number of nitrogens with one attached hydrogen (secondary N) is 1.